The van der Waals surface area contributed by atoms with Gasteiger partial charge in [-0.1, -0.05) is 18.2 Å². The van der Waals surface area contributed by atoms with Gasteiger partial charge in [-0.2, -0.15) is 0 Å². The standard InChI is InChI=1S/C20H21FO4/c21-17-3-1-2-14(10-17)13-25-19-7-5-15-11-18(6-4-16(15)12-19)24-9-8-20(22)23/h1-3,5,7,10,12,18H,4,6,8-9,11,13H2,(H,22,23). The summed E-state index contributed by atoms with van der Waals surface area (Å²) in [6.07, 6.45) is 2.66. The SMILES string of the molecule is O=C(O)CCOC1CCc2cc(OCc3cccc(F)c3)ccc2C1. The zero-order chi connectivity index (χ0) is 17.6. The van der Waals surface area contributed by atoms with Gasteiger partial charge in [0.15, 0.2) is 0 Å². The van der Waals surface area contributed by atoms with Crippen molar-refractivity contribution in [3.05, 3.63) is 65.0 Å². The predicted octanol–water partition coefficient (Wildman–Crippen LogP) is 3.75. The number of rotatable bonds is 7. The van der Waals surface area contributed by atoms with Gasteiger partial charge in [0.2, 0.25) is 0 Å². The van der Waals surface area contributed by atoms with Crippen molar-refractivity contribution in [1.29, 1.82) is 0 Å². The molecule has 0 fully saturated rings. The summed E-state index contributed by atoms with van der Waals surface area (Å²) in [5.41, 5.74) is 3.24. The number of aliphatic carboxylic acids is 1. The molecule has 2 aromatic rings. The lowest BCUT2D eigenvalue weighted by Gasteiger charge is -2.25. The largest absolute Gasteiger partial charge is 0.489 e. The lowest BCUT2D eigenvalue weighted by atomic mass is 9.89. The summed E-state index contributed by atoms with van der Waals surface area (Å²) in [7, 11) is 0. The van der Waals surface area contributed by atoms with Gasteiger partial charge in [-0.15, -0.1) is 0 Å². The summed E-state index contributed by atoms with van der Waals surface area (Å²) in [5.74, 6) is -0.329. The Bertz CT molecular complexity index is 744. The molecule has 1 unspecified atom stereocenters. The molecule has 1 N–H and O–H groups in total. The third-order valence-corrected chi connectivity index (χ3v) is 4.32. The van der Waals surface area contributed by atoms with E-state index in [4.69, 9.17) is 14.6 Å². The molecule has 0 spiro atoms. The highest BCUT2D eigenvalue weighted by atomic mass is 19.1. The second-order valence-corrected chi connectivity index (χ2v) is 6.23. The fourth-order valence-electron chi connectivity index (χ4n) is 3.04. The van der Waals surface area contributed by atoms with E-state index in [1.54, 1.807) is 6.07 Å². The topological polar surface area (TPSA) is 55.8 Å². The van der Waals surface area contributed by atoms with Crippen LogP contribution in [-0.2, 0) is 29.0 Å². The first-order valence-electron chi connectivity index (χ1n) is 8.42. The second-order valence-electron chi connectivity index (χ2n) is 6.23. The van der Waals surface area contributed by atoms with Crippen LogP contribution in [0.2, 0.25) is 0 Å². The molecular weight excluding hydrogens is 323 g/mol. The van der Waals surface area contributed by atoms with E-state index in [1.807, 2.05) is 24.3 Å². The molecule has 1 aliphatic carbocycles. The molecule has 1 aliphatic rings. The van der Waals surface area contributed by atoms with E-state index in [0.29, 0.717) is 6.61 Å². The molecular formula is C20H21FO4. The molecule has 0 bridgehead atoms. The Labute approximate surface area is 146 Å². The van der Waals surface area contributed by atoms with Gasteiger partial charge in [-0.25, -0.2) is 4.39 Å². The fourth-order valence-corrected chi connectivity index (χ4v) is 3.04. The number of halogens is 1. The molecule has 3 rings (SSSR count). The number of hydrogen-bond acceptors (Lipinski definition) is 3. The first-order valence-corrected chi connectivity index (χ1v) is 8.42. The number of benzene rings is 2. The third-order valence-electron chi connectivity index (χ3n) is 4.32. The Morgan fingerprint density at radius 3 is 2.88 bits per heavy atom. The molecule has 5 heteroatoms. The lowest BCUT2D eigenvalue weighted by molar-refractivity contribution is -0.138. The molecule has 0 aromatic heterocycles. The summed E-state index contributed by atoms with van der Waals surface area (Å²) in [5, 5.41) is 8.66. The highest BCUT2D eigenvalue weighted by Gasteiger charge is 2.19. The van der Waals surface area contributed by atoms with Crippen molar-refractivity contribution < 1.29 is 23.8 Å². The normalized spacial score (nSPS) is 16.3. The van der Waals surface area contributed by atoms with Crippen molar-refractivity contribution in [1.82, 2.24) is 0 Å². The Balaban J connectivity index is 1.55. The van der Waals surface area contributed by atoms with Crippen molar-refractivity contribution in [2.24, 2.45) is 0 Å². The van der Waals surface area contributed by atoms with Crippen molar-refractivity contribution in [3.8, 4) is 5.75 Å². The summed E-state index contributed by atoms with van der Waals surface area (Å²) in [4.78, 5) is 10.5. The zero-order valence-corrected chi connectivity index (χ0v) is 13.9. The maximum Gasteiger partial charge on any atom is 0.305 e. The maximum atomic E-state index is 13.2. The van der Waals surface area contributed by atoms with E-state index in [-0.39, 0.29) is 24.9 Å². The molecule has 25 heavy (non-hydrogen) atoms. The van der Waals surface area contributed by atoms with Crippen LogP contribution in [-0.4, -0.2) is 23.8 Å². The highest BCUT2D eigenvalue weighted by Crippen LogP contribution is 2.27. The van der Waals surface area contributed by atoms with Crippen LogP contribution >= 0.6 is 0 Å². The molecule has 1 atom stereocenters. The summed E-state index contributed by atoms with van der Waals surface area (Å²) < 4.78 is 24.6. The zero-order valence-electron chi connectivity index (χ0n) is 13.9. The quantitative estimate of drug-likeness (QED) is 0.831. The van der Waals surface area contributed by atoms with Crippen LogP contribution in [0.5, 0.6) is 5.75 Å². The second kappa shape index (κ2) is 8.12. The molecule has 2 aromatic carbocycles. The molecule has 0 radical (unpaired) electrons. The van der Waals surface area contributed by atoms with Gasteiger partial charge in [0.25, 0.3) is 0 Å². The number of hydrogen-bond donors (Lipinski definition) is 1. The summed E-state index contributed by atoms with van der Waals surface area (Å²) >= 11 is 0. The number of fused-ring (bicyclic) bond motifs is 1. The van der Waals surface area contributed by atoms with Crippen LogP contribution in [0.1, 0.15) is 29.5 Å². The molecule has 0 saturated heterocycles. The van der Waals surface area contributed by atoms with Gasteiger partial charge in [0.05, 0.1) is 19.1 Å². The number of carboxylic acids is 1. The van der Waals surface area contributed by atoms with Crippen LogP contribution in [0.4, 0.5) is 4.39 Å². The first kappa shape index (κ1) is 17.4. The van der Waals surface area contributed by atoms with Crippen LogP contribution in [0.15, 0.2) is 42.5 Å². The minimum atomic E-state index is -0.837. The Morgan fingerprint density at radius 1 is 1.20 bits per heavy atom. The third kappa shape index (κ3) is 5.03. The molecule has 4 nitrogen and oxygen atoms in total. The molecule has 132 valence electrons. The van der Waals surface area contributed by atoms with E-state index in [9.17, 15) is 9.18 Å². The van der Waals surface area contributed by atoms with Gasteiger partial charge in [-0.05, 0) is 60.2 Å². The van der Waals surface area contributed by atoms with Gasteiger partial charge >= 0.3 is 5.97 Å². The van der Waals surface area contributed by atoms with Crippen LogP contribution < -0.4 is 4.74 Å². The van der Waals surface area contributed by atoms with Crippen LogP contribution in [0.25, 0.3) is 0 Å². The predicted molar refractivity (Wildman–Crippen MR) is 91.2 cm³/mol. The smallest absolute Gasteiger partial charge is 0.305 e. The molecule has 0 aliphatic heterocycles. The van der Waals surface area contributed by atoms with Crippen LogP contribution in [0.3, 0.4) is 0 Å². The van der Waals surface area contributed by atoms with Crippen LogP contribution in [0, 0.1) is 5.82 Å². The van der Waals surface area contributed by atoms with Crippen molar-refractivity contribution in [2.45, 2.75) is 38.4 Å². The van der Waals surface area contributed by atoms with E-state index >= 15 is 0 Å². The molecule has 0 heterocycles. The lowest BCUT2D eigenvalue weighted by Crippen LogP contribution is -2.23. The number of carboxylic acid groups (broad SMARTS) is 1. The number of aryl methyl sites for hydroxylation is 1. The number of ether oxygens (including phenoxy) is 2. The summed E-state index contributed by atoms with van der Waals surface area (Å²) in [6.45, 7) is 0.585. The fraction of sp³-hybridized carbons (Fsp3) is 0.350. The Kier molecular flexibility index (Phi) is 5.66. The Hall–Kier alpha value is -2.40. The maximum absolute atomic E-state index is 13.2. The van der Waals surface area contributed by atoms with Crippen molar-refractivity contribution >= 4 is 5.97 Å². The highest BCUT2D eigenvalue weighted by molar-refractivity contribution is 5.66. The average molecular weight is 344 g/mol. The Morgan fingerprint density at radius 2 is 2.08 bits per heavy atom. The van der Waals surface area contributed by atoms with E-state index in [2.05, 4.69) is 0 Å². The van der Waals surface area contributed by atoms with E-state index in [1.165, 1.54) is 23.3 Å². The van der Waals surface area contributed by atoms with Gasteiger partial charge in [0, 0.05) is 0 Å². The van der Waals surface area contributed by atoms with Gasteiger partial charge in [0.1, 0.15) is 18.2 Å². The summed E-state index contributed by atoms with van der Waals surface area (Å²) in [6, 6.07) is 12.4. The van der Waals surface area contributed by atoms with Gasteiger partial charge < -0.3 is 14.6 Å². The monoisotopic (exact) mass is 344 g/mol. The first-order chi connectivity index (χ1) is 12.1. The average Bonchev–Trinajstić information content (AvgIpc) is 2.59. The van der Waals surface area contributed by atoms with E-state index < -0.39 is 5.97 Å². The van der Waals surface area contributed by atoms with Crippen molar-refractivity contribution in [2.75, 3.05) is 6.61 Å². The number of carbonyl (C=O) groups is 1. The molecule has 0 amide bonds. The molecule has 0 saturated carbocycles. The minimum Gasteiger partial charge on any atom is -0.489 e. The van der Waals surface area contributed by atoms with Gasteiger partial charge in [-0.3, -0.25) is 4.79 Å². The van der Waals surface area contributed by atoms with E-state index in [0.717, 1.165) is 30.6 Å². The van der Waals surface area contributed by atoms with Crippen molar-refractivity contribution in [3.63, 3.8) is 0 Å². The minimum absolute atomic E-state index is 0.0379.